The van der Waals surface area contributed by atoms with Crippen LogP contribution < -0.4 is 10.6 Å². The highest BCUT2D eigenvalue weighted by molar-refractivity contribution is 7.09. The summed E-state index contributed by atoms with van der Waals surface area (Å²) < 4.78 is 4.95. The van der Waals surface area contributed by atoms with Crippen LogP contribution in [0.4, 0.5) is 0 Å². The van der Waals surface area contributed by atoms with Crippen molar-refractivity contribution in [1.82, 2.24) is 10.6 Å². The maximum Gasteiger partial charge on any atom is 0.246 e. The number of methoxy groups -OCH3 is 1. The van der Waals surface area contributed by atoms with Crippen LogP contribution in [0.1, 0.15) is 51.3 Å². The molecule has 1 heterocycles. The summed E-state index contributed by atoms with van der Waals surface area (Å²) in [6, 6.07) is 4.02. The van der Waals surface area contributed by atoms with Crippen molar-refractivity contribution in [2.75, 3.05) is 13.7 Å². The van der Waals surface area contributed by atoms with Crippen LogP contribution in [0.3, 0.4) is 0 Å². The number of hydrogen-bond acceptors (Lipinski definition) is 5. The van der Waals surface area contributed by atoms with E-state index in [2.05, 4.69) is 24.5 Å². The highest BCUT2D eigenvalue weighted by atomic mass is 32.1. The number of ether oxygens (including phenoxy) is 1. The Morgan fingerprint density at radius 2 is 2.10 bits per heavy atom. The lowest BCUT2D eigenvalue weighted by molar-refractivity contribution is -0.144. The normalized spacial score (nSPS) is 34.6. The van der Waals surface area contributed by atoms with E-state index in [1.807, 2.05) is 24.4 Å². The van der Waals surface area contributed by atoms with Crippen molar-refractivity contribution in [2.45, 2.75) is 65.1 Å². The monoisotopic (exact) mass is 436 g/mol. The molecule has 1 aromatic rings. The molecular weight excluding hydrogens is 400 g/mol. The van der Waals surface area contributed by atoms with Gasteiger partial charge in [-0.3, -0.25) is 9.59 Å². The largest absolute Gasteiger partial charge is 0.392 e. The molecule has 7 atom stereocenters. The summed E-state index contributed by atoms with van der Waals surface area (Å²) in [4.78, 5) is 26.0. The van der Waals surface area contributed by atoms with Gasteiger partial charge in [0.2, 0.25) is 11.8 Å². The molecule has 2 fully saturated rings. The molecule has 0 unspecified atom stereocenters. The lowest BCUT2D eigenvalue weighted by Gasteiger charge is -2.56. The van der Waals surface area contributed by atoms with Gasteiger partial charge in [-0.15, -0.1) is 11.3 Å². The number of fused-ring (bicyclic) bond motifs is 1. The van der Waals surface area contributed by atoms with Crippen LogP contribution in [0.5, 0.6) is 0 Å². The molecule has 6 nitrogen and oxygen atoms in total. The zero-order chi connectivity index (χ0) is 21.9. The quantitative estimate of drug-likeness (QED) is 0.613. The second-order valence-corrected chi connectivity index (χ2v) is 10.5. The summed E-state index contributed by atoms with van der Waals surface area (Å²) in [6.07, 6.45) is 3.20. The van der Waals surface area contributed by atoms with Crippen LogP contribution >= 0.6 is 11.3 Å². The summed E-state index contributed by atoms with van der Waals surface area (Å²) in [7, 11) is 1.52. The summed E-state index contributed by atoms with van der Waals surface area (Å²) in [5, 5.41) is 19.5. The van der Waals surface area contributed by atoms with Crippen LogP contribution in [-0.2, 0) is 20.9 Å². The van der Waals surface area contributed by atoms with Gasteiger partial charge in [0, 0.05) is 23.9 Å². The van der Waals surface area contributed by atoms with E-state index in [-0.39, 0.29) is 53.5 Å². The second kappa shape index (κ2) is 9.79. The van der Waals surface area contributed by atoms with Crippen LogP contribution in [0.25, 0.3) is 0 Å². The number of nitrogens with one attached hydrogen (secondary N) is 2. The van der Waals surface area contributed by atoms with Gasteiger partial charge in [0.05, 0.1) is 12.6 Å². The smallest absolute Gasteiger partial charge is 0.246 e. The number of rotatable bonds is 7. The molecule has 0 saturated heterocycles. The van der Waals surface area contributed by atoms with E-state index >= 15 is 0 Å². The van der Waals surface area contributed by atoms with Crippen molar-refractivity contribution in [3.05, 3.63) is 22.4 Å². The molecule has 0 spiro atoms. The minimum Gasteiger partial charge on any atom is -0.392 e. The van der Waals surface area contributed by atoms with Gasteiger partial charge in [0.25, 0.3) is 0 Å². The van der Waals surface area contributed by atoms with Gasteiger partial charge in [-0.05, 0) is 60.3 Å². The number of aliphatic hydroxyl groups is 1. The van der Waals surface area contributed by atoms with E-state index in [0.717, 1.165) is 30.6 Å². The summed E-state index contributed by atoms with van der Waals surface area (Å²) in [6.45, 7) is 6.92. The number of amides is 2. The van der Waals surface area contributed by atoms with Gasteiger partial charge < -0.3 is 20.5 Å². The number of thiophene rings is 1. The zero-order valence-electron chi connectivity index (χ0n) is 18.5. The first-order chi connectivity index (χ1) is 14.3. The van der Waals surface area contributed by atoms with Gasteiger partial charge in [-0.25, -0.2) is 0 Å². The lowest BCUT2D eigenvalue weighted by Crippen LogP contribution is -2.58. The molecule has 7 heteroatoms. The molecule has 0 bridgehead atoms. The summed E-state index contributed by atoms with van der Waals surface area (Å²) in [5.74, 6) is -0.220. The number of hydrogen-bond donors (Lipinski definition) is 3. The Hall–Kier alpha value is -1.44. The first kappa shape index (κ1) is 23.2. The Balaban J connectivity index is 1.66. The lowest BCUT2D eigenvalue weighted by atomic mass is 9.51. The Labute approximate surface area is 183 Å². The van der Waals surface area contributed by atoms with Crippen molar-refractivity contribution in [3.8, 4) is 0 Å². The molecule has 168 valence electrons. The molecule has 0 aliphatic heterocycles. The first-order valence-corrected chi connectivity index (χ1v) is 11.9. The third-order valence-electron chi connectivity index (χ3n) is 7.58. The molecule has 3 rings (SSSR count). The third kappa shape index (κ3) is 4.89. The Morgan fingerprint density at radius 3 is 2.77 bits per heavy atom. The molecule has 1 aromatic heterocycles. The highest BCUT2D eigenvalue weighted by Crippen LogP contribution is 2.55. The van der Waals surface area contributed by atoms with Gasteiger partial charge in [0.15, 0.2) is 0 Å². The predicted molar refractivity (Wildman–Crippen MR) is 118 cm³/mol. The second-order valence-electron chi connectivity index (χ2n) is 9.46. The Bertz CT molecular complexity index is 725. The summed E-state index contributed by atoms with van der Waals surface area (Å²) >= 11 is 1.63. The van der Waals surface area contributed by atoms with E-state index in [1.54, 1.807) is 11.3 Å². The molecular formula is C23H36N2O4S. The maximum absolute atomic E-state index is 12.8. The molecule has 3 N–H and O–H groups in total. The highest BCUT2D eigenvalue weighted by Gasteiger charge is 2.53. The van der Waals surface area contributed by atoms with Gasteiger partial charge in [0.1, 0.15) is 6.61 Å². The Kier molecular flexibility index (Phi) is 7.58. The van der Waals surface area contributed by atoms with Crippen molar-refractivity contribution < 1.29 is 19.4 Å². The van der Waals surface area contributed by atoms with Crippen molar-refractivity contribution in [2.24, 2.45) is 29.1 Å². The fourth-order valence-corrected chi connectivity index (χ4v) is 6.46. The van der Waals surface area contributed by atoms with Crippen LogP contribution in [0.15, 0.2) is 17.5 Å². The van der Waals surface area contributed by atoms with Crippen LogP contribution in [-0.4, -0.2) is 42.8 Å². The molecule has 2 saturated carbocycles. The minimum absolute atomic E-state index is 0.00413. The van der Waals surface area contributed by atoms with Crippen molar-refractivity contribution in [3.63, 3.8) is 0 Å². The van der Waals surface area contributed by atoms with Gasteiger partial charge >= 0.3 is 0 Å². The van der Waals surface area contributed by atoms with E-state index in [1.165, 1.54) is 7.11 Å². The Morgan fingerprint density at radius 1 is 1.37 bits per heavy atom. The fraction of sp³-hybridized carbons (Fsp3) is 0.739. The number of aliphatic hydroxyl groups excluding tert-OH is 1. The van der Waals surface area contributed by atoms with Crippen LogP contribution in [0.2, 0.25) is 0 Å². The van der Waals surface area contributed by atoms with E-state index in [0.29, 0.717) is 6.54 Å². The average Bonchev–Trinajstić information content (AvgIpc) is 3.22. The zero-order valence-corrected chi connectivity index (χ0v) is 19.3. The standard InChI is InChI=1S/C23H36N2O4S/c1-14(22(28)24-12-16-6-5-11-30-16)17-7-9-23(3)10-8-18(25-19(26)13-29-4)15(2)20(23)21(17)27/h5-6,11,14-15,17-18,20-21,27H,7-10,12-13H2,1-4H3,(H,24,28)(H,25,26)/t14-,15-,17+,18-,20+,21-,23+/m0/s1. The van der Waals surface area contributed by atoms with E-state index in [9.17, 15) is 14.7 Å². The molecule has 30 heavy (non-hydrogen) atoms. The molecule has 2 aliphatic carbocycles. The topological polar surface area (TPSA) is 87.7 Å². The third-order valence-corrected chi connectivity index (χ3v) is 8.46. The number of carbonyl (C=O) groups excluding carboxylic acids is 2. The SMILES string of the molecule is COCC(=O)N[C@H]1CC[C@@]2(C)CC[C@H]([C@H](C)C(=O)NCc3cccs3)[C@H](O)[C@H]2[C@H]1C. The molecule has 2 amide bonds. The van der Waals surface area contributed by atoms with E-state index < -0.39 is 6.10 Å². The molecule has 2 aliphatic rings. The van der Waals surface area contributed by atoms with Crippen LogP contribution in [0, 0.1) is 29.1 Å². The van der Waals surface area contributed by atoms with Gasteiger partial charge in [-0.2, -0.15) is 0 Å². The number of carbonyl (C=O) groups is 2. The fourth-order valence-electron chi connectivity index (χ4n) is 5.82. The van der Waals surface area contributed by atoms with Crippen molar-refractivity contribution >= 4 is 23.2 Å². The van der Waals surface area contributed by atoms with Crippen molar-refractivity contribution in [1.29, 1.82) is 0 Å². The average molecular weight is 437 g/mol. The maximum atomic E-state index is 12.8. The van der Waals surface area contributed by atoms with Gasteiger partial charge in [-0.1, -0.05) is 26.8 Å². The molecule has 0 radical (unpaired) electrons. The minimum atomic E-state index is -0.552. The summed E-state index contributed by atoms with van der Waals surface area (Å²) in [5.41, 5.74) is 0.0466. The van der Waals surface area contributed by atoms with E-state index in [4.69, 9.17) is 4.74 Å². The predicted octanol–water partition coefficient (Wildman–Crippen LogP) is 2.95. The molecule has 0 aromatic carbocycles. The first-order valence-electron chi connectivity index (χ1n) is 11.0.